The Morgan fingerprint density at radius 2 is 1.96 bits per heavy atom. The molecule has 0 fully saturated rings. The van der Waals surface area contributed by atoms with Crippen molar-refractivity contribution in [1.29, 1.82) is 0 Å². The normalized spacial score (nSPS) is 10.5. The highest BCUT2D eigenvalue weighted by Crippen LogP contribution is 2.27. The van der Waals surface area contributed by atoms with Crippen LogP contribution in [0.5, 0.6) is 0 Å². The molecule has 0 spiro atoms. The molecule has 1 amide bonds. The maximum atomic E-state index is 12.7. The van der Waals surface area contributed by atoms with Crippen LogP contribution in [0.4, 0.5) is 0 Å². The average Bonchev–Trinajstić information content (AvgIpc) is 3.11. The molecule has 0 atom stereocenters. The molecule has 0 saturated heterocycles. The average molecular weight is 362 g/mol. The summed E-state index contributed by atoms with van der Waals surface area (Å²) in [6.45, 7) is 3.07. The molecule has 2 aromatic rings. The van der Waals surface area contributed by atoms with E-state index in [4.69, 9.17) is 4.74 Å². The summed E-state index contributed by atoms with van der Waals surface area (Å²) in [7, 11) is 2.90. The van der Waals surface area contributed by atoms with Crippen molar-refractivity contribution >= 4 is 23.2 Å². The molecule has 0 aliphatic rings. The van der Waals surface area contributed by atoms with E-state index in [1.165, 1.54) is 18.4 Å². The maximum absolute atomic E-state index is 12.7. The van der Waals surface area contributed by atoms with Crippen LogP contribution in [0.3, 0.4) is 0 Å². The van der Waals surface area contributed by atoms with Crippen LogP contribution in [0.25, 0.3) is 10.6 Å². The monoisotopic (exact) mass is 362 g/mol. The molecule has 0 aliphatic heterocycles. The van der Waals surface area contributed by atoms with E-state index in [9.17, 15) is 9.59 Å². The number of thiazole rings is 1. The highest BCUT2D eigenvalue weighted by atomic mass is 32.1. The fraction of sp³-hybridized carbons (Fsp3) is 0.389. The van der Waals surface area contributed by atoms with Crippen molar-refractivity contribution in [3.63, 3.8) is 0 Å². The number of esters is 1. The Labute approximate surface area is 151 Å². The molecule has 0 radical (unpaired) electrons. The van der Waals surface area contributed by atoms with Gasteiger partial charge in [0.05, 0.1) is 20.1 Å². The minimum atomic E-state index is -0.353. The van der Waals surface area contributed by atoms with Crippen LogP contribution in [0.1, 0.15) is 22.5 Å². The fourth-order valence-corrected chi connectivity index (χ4v) is 3.20. The molecule has 1 aromatic carbocycles. The molecule has 1 heterocycles. The Morgan fingerprint density at radius 3 is 2.64 bits per heavy atom. The van der Waals surface area contributed by atoms with E-state index in [-0.39, 0.29) is 24.8 Å². The maximum Gasteiger partial charge on any atom is 0.307 e. The zero-order valence-electron chi connectivity index (χ0n) is 14.7. The molecular formula is C18H22N2O4S. The molecule has 0 unspecified atom stereocenters. The molecule has 2 rings (SSSR count). The second kappa shape index (κ2) is 9.29. The number of benzene rings is 1. The number of rotatable bonds is 8. The summed E-state index contributed by atoms with van der Waals surface area (Å²) >= 11 is 1.43. The van der Waals surface area contributed by atoms with Crippen molar-refractivity contribution < 1.29 is 19.1 Å². The Bertz CT molecular complexity index is 729. The van der Waals surface area contributed by atoms with Gasteiger partial charge in [-0.05, 0) is 12.5 Å². The lowest BCUT2D eigenvalue weighted by Crippen LogP contribution is -2.36. The number of carbonyl (C=O) groups is 2. The molecule has 25 heavy (non-hydrogen) atoms. The van der Waals surface area contributed by atoms with Crippen LogP contribution in [-0.2, 0) is 14.3 Å². The van der Waals surface area contributed by atoms with Gasteiger partial charge in [0.15, 0.2) is 0 Å². The second-order valence-electron chi connectivity index (χ2n) is 5.46. The lowest BCUT2D eigenvalue weighted by atomic mass is 10.1. The second-order valence-corrected chi connectivity index (χ2v) is 6.32. The number of amides is 1. The first-order valence-electron chi connectivity index (χ1n) is 7.93. The predicted molar refractivity (Wildman–Crippen MR) is 96.7 cm³/mol. The van der Waals surface area contributed by atoms with Crippen molar-refractivity contribution in [2.45, 2.75) is 13.3 Å². The molecule has 7 heteroatoms. The van der Waals surface area contributed by atoms with E-state index in [0.717, 1.165) is 16.1 Å². The number of aromatic nitrogens is 1. The minimum absolute atomic E-state index is 0.140. The van der Waals surface area contributed by atoms with Gasteiger partial charge in [0.1, 0.15) is 10.7 Å². The number of ether oxygens (including phenoxy) is 2. The van der Waals surface area contributed by atoms with Crippen molar-refractivity contribution in [2.24, 2.45) is 0 Å². The molecule has 0 bridgehead atoms. The molecule has 0 N–H and O–H groups in total. The van der Waals surface area contributed by atoms with E-state index < -0.39 is 0 Å². The highest BCUT2D eigenvalue weighted by molar-refractivity contribution is 7.13. The number of carbonyl (C=O) groups excluding carboxylic acids is 2. The van der Waals surface area contributed by atoms with Crippen molar-refractivity contribution in [1.82, 2.24) is 9.88 Å². The zero-order valence-corrected chi connectivity index (χ0v) is 15.5. The summed E-state index contributed by atoms with van der Waals surface area (Å²) in [6.07, 6.45) is 0.140. The van der Waals surface area contributed by atoms with Crippen molar-refractivity contribution in [3.8, 4) is 10.6 Å². The van der Waals surface area contributed by atoms with Crippen molar-refractivity contribution in [3.05, 3.63) is 40.9 Å². The molecule has 134 valence electrons. The third-order valence-corrected chi connectivity index (χ3v) is 4.64. The first-order valence-corrected chi connectivity index (χ1v) is 8.81. The Morgan fingerprint density at radius 1 is 1.20 bits per heavy atom. The van der Waals surface area contributed by atoms with Gasteiger partial charge in [-0.3, -0.25) is 9.59 Å². The summed E-state index contributed by atoms with van der Waals surface area (Å²) < 4.78 is 9.70. The molecule has 0 saturated carbocycles. The summed E-state index contributed by atoms with van der Waals surface area (Å²) in [5.41, 5.74) is 2.51. The summed E-state index contributed by atoms with van der Waals surface area (Å²) in [6, 6.07) is 7.92. The number of methoxy groups -OCH3 is 2. The van der Waals surface area contributed by atoms with Crippen LogP contribution >= 0.6 is 11.3 Å². The lowest BCUT2D eigenvalue weighted by Gasteiger charge is -2.20. The topological polar surface area (TPSA) is 68.7 Å². The summed E-state index contributed by atoms with van der Waals surface area (Å²) in [5.74, 6) is -0.564. The quantitative estimate of drug-likeness (QED) is 0.676. The van der Waals surface area contributed by atoms with Gasteiger partial charge >= 0.3 is 5.97 Å². The van der Waals surface area contributed by atoms with Crippen LogP contribution < -0.4 is 0 Å². The highest BCUT2D eigenvalue weighted by Gasteiger charge is 2.20. The van der Waals surface area contributed by atoms with E-state index in [2.05, 4.69) is 9.72 Å². The van der Waals surface area contributed by atoms with Crippen LogP contribution in [0.15, 0.2) is 29.6 Å². The van der Waals surface area contributed by atoms with Gasteiger partial charge in [0.2, 0.25) is 0 Å². The Kier molecular flexibility index (Phi) is 7.09. The van der Waals surface area contributed by atoms with Gasteiger partial charge in [-0.2, -0.15) is 0 Å². The minimum Gasteiger partial charge on any atom is -0.469 e. The SMILES string of the molecule is COCCN(CCC(=O)OC)C(=O)c1csc(-c2ccccc2C)n1. The van der Waals surface area contributed by atoms with E-state index in [0.29, 0.717) is 18.8 Å². The molecule has 1 aromatic heterocycles. The Balaban J connectivity index is 2.15. The molecular weight excluding hydrogens is 340 g/mol. The number of aryl methyl sites for hydroxylation is 1. The molecule has 6 nitrogen and oxygen atoms in total. The van der Waals surface area contributed by atoms with E-state index >= 15 is 0 Å². The number of hydrogen-bond donors (Lipinski definition) is 0. The Hall–Kier alpha value is -2.25. The van der Waals surface area contributed by atoms with Gasteiger partial charge in [-0.15, -0.1) is 11.3 Å². The standard InChI is InChI=1S/C18H22N2O4S/c1-13-6-4-5-7-14(13)17-19-15(12-25-17)18(22)20(10-11-23-2)9-8-16(21)24-3/h4-7,12H,8-11H2,1-3H3. The number of hydrogen-bond acceptors (Lipinski definition) is 6. The molecule has 0 aliphatic carbocycles. The third-order valence-electron chi connectivity index (χ3n) is 3.76. The van der Waals surface area contributed by atoms with Gasteiger partial charge in [0.25, 0.3) is 5.91 Å². The van der Waals surface area contributed by atoms with Gasteiger partial charge in [0, 0.05) is 31.1 Å². The first-order chi connectivity index (χ1) is 12.1. The van der Waals surface area contributed by atoms with Gasteiger partial charge < -0.3 is 14.4 Å². The van der Waals surface area contributed by atoms with Gasteiger partial charge in [-0.25, -0.2) is 4.98 Å². The van der Waals surface area contributed by atoms with E-state index in [1.807, 2.05) is 31.2 Å². The largest absolute Gasteiger partial charge is 0.469 e. The van der Waals surface area contributed by atoms with Crippen LogP contribution in [0, 0.1) is 6.92 Å². The van der Waals surface area contributed by atoms with Crippen LogP contribution in [-0.4, -0.2) is 55.7 Å². The zero-order chi connectivity index (χ0) is 18.2. The predicted octanol–water partition coefficient (Wildman–Crippen LogP) is 2.77. The summed E-state index contributed by atoms with van der Waals surface area (Å²) in [4.78, 5) is 30.2. The smallest absolute Gasteiger partial charge is 0.307 e. The third kappa shape index (κ3) is 5.11. The van der Waals surface area contributed by atoms with Crippen molar-refractivity contribution in [2.75, 3.05) is 33.9 Å². The van der Waals surface area contributed by atoms with Crippen LogP contribution in [0.2, 0.25) is 0 Å². The van der Waals surface area contributed by atoms with E-state index in [1.54, 1.807) is 17.4 Å². The fourth-order valence-electron chi connectivity index (χ4n) is 2.32. The lowest BCUT2D eigenvalue weighted by molar-refractivity contribution is -0.140. The van der Waals surface area contributed by atoms with Gasteiger partial charge in [-0.1, -0.05) is 24.3 Å². The number of nitrogens with zero attached hydrogens (tertiary/aromatic N) is 2. The first kappa shape index (κ1) is 19.1. The summed E-state index contributed by atoms with van der Waals surface area (Å²) in [5, 5.41) is 2.56.